The Balaban J connectivity index is 1.57. The minimum atomic E-state index is -0.611. The molecule has 9 nitrogen and oxygen atoms in total. The number of amides is 1. The Hall–Kier alpha value is -3.49. The van der Waals surface area contributed by atoms with Gasteiger partial charge in [0.1, 0.15) is 6.54 Å². The molecule has 1 amide bonds. The third-order valence-corrected chi connectivity index (χ3v) is 3.21. The van der Waals surface area contributed by atoms with Crippen LogP contribution in [0.2, 0.25) is 0 Å². The Morgan fingerprint density at radius 1 is 1.08 bits per heavy atom. The van der Waals surface area contributed by atoms with Crippen LogP contribution < -0.4 is 5.32 Å². The second kappa shape index (κ2) is 6.73. The summed E-state index contributed by atoms with van der Waals surface area (Å²) in [6.45, 7) is 0.474. The van der Waals surface area contributed by atoms with Crippen LogP contribution in [-0.4, -0.2) is 30.4 Å². The molecular formula is C15H14N6O3. The third kappa shape index (κ3) is 3.83. The van der Waals surface area contributed by atoms with Crippen molar-refractivity contribution in [3.63, 3.8) is 0 Å². The van der Waals surface area contributed by atoms with Gasteiger partial charge >= 0.3 is 5.82 Å². The number of carbonyl (C=O) groups excluding carboxylic acids is 1. The van der Waals surface area contributed by atoms with Gasteiger partial charge in [0.25, 0.3) is 0 Å². The van der Waals surface area contributed by atoms with Gasteiger partial charge in [-0.05, 0) is 10.5 Å². The first kappa shape index (κ1) is 15.4. The van der Waals surface area contributed by atoms with E-state index in [-0.39, 0.29) is 18.3 Å². The molecule has 0 bridgehead atoms. The number of rotatable bonds is 6. The highest BCUT2D eigenvalue weighted by atomic mass is 16.6. The van der Waals surface area contributed by atoms with E-state index in [9.17, 15) is 14.9 Å². The van der Waals surface area contributed by atoms with Gasteiger partial charge in [-0.1, -0.05) is 30.3 Å². The zero-order valence-corrected chi connectivity index (χ0v) is 12.6. The molecule has 0 unspecified atom stereocenters. The van der Waals surface area contributed by atoms with Crippen molar-refractivity contribution in [1.29, 1.82) is 0 Å². The molecule has 0 aliphatic carbocycles. The molecule has 0 fully saturated rings. The van der Waals surface area contributed by atoms with Gasteiger partial charge in [-0.25, -0.2) is 0 Å². The predicted octanol–water partition coefficient (Wildman–Crippen LogP) is 1.67. The number of carbonyl (C=O) groups is 1. The van der Waals surface area contributed by atoms with Crippen LogP contribution >= 0.6 is 0 Å². The molecule has 2 heterocycles. The lowest BCUT2D eigenvalue weighted by Gasteiger charge is -2.02. The number of nitrogens with one attached hydrogen (secondary N) is 1. The summed E-state index contributed by atoms with van der Waals surface area (Å²) in [5, 5.41) is 21.1. The maximum atomic E-state index is 11.9. The number of hydrogen-bond acceptors (Lipinski definition) is 5. The Morgan fingerprint density at radius 2 is 1.83 bits per heavy atom. The van der Waals surface area contributed by atoms with E-state index in [0.29, 0.717) is 12.4 Å². The van der Waals surface area contributed by atoms with Crippen LogP contribution in [0.1, 0.15) is 5.56 Å². The van der Waals surface area contributed by atoms with Gasteiger partial charge in [-0.3, -0.25) is 9.48 Å². The largest absolute Gasteiger partial charge is 0.389 e. The first-order valence-corrected chi connectivity index (χ1v) is 7.15. The van der Waals surface area contributed by atoms with E-state index in [1.165, 1.54) is 16.9 Å². The maximum Gasteiger partial charge on any atom is 0.389 e. The van der Waals surface area contributed by atoms with E-state index in [1.54, 1.807) is 16.9 Å². The summed E-state index contributed by atoms with van der Waals surface area (Å²) in [5.74, 6) is -0.245. The molecule has 3 rings (SSSR count). The van der Waals surface area contributed by atoms with Gasteiger partial charge in [-0.2, -0.15) is 9.78 Å². The van der Waals surface area contributed by atoms with Crippen molar-refractivity contribution in [2.24, 2.45) is 0 Å². The summed E-state index contributed by atoms with van der Waals surface area (Å²) in [6.07, 6.45) is 3.15. The fourth-order valence-electron chi connectivity index (χ4n) is 2.15. The normalized spacial score (nSPS) is 10.5. The standard InChI is InChI=1S/C15H14N6O3/c22-15(11-20-9-7-14(18-20)21(23)24)16-13-6-8-19(17-13)10-12-4-2-1-3-5-12/h1-9H,10-11H2,(H,16,17,22). The van der Waals surface area contributed by atoms with Gasteiger partial charge in [0.15, 0.2) is 5.82 Å². The fraction of sp³-hybridized carbons (Fsp3) is 0.133. The second-order valence-electron chi connectivity index (χ2n) is 5.06. The fourth-order valence-corrected chi connectivity index (χ4v) is 2.15. The third-order valence-electron chi connectivity index (χ3n) is 3.21. The SMILES string of the molecule is O=C(Cn1ccc([N+](=O)[O-])n1)Nc1ccn(Cc2ccccc2)n1. The van der Waals surface area contributed by atoms with Crippen molar-refractivity contribution in [2.45, 2.75) is 13.1 Å². The first-order chi connectivity index (χ1) is 11.6. The highest BCUT2D eigenvalue weighted by molar-refractivity contribution is 5.89. The molecule has 0 saturated heterocycles. The molecule has 1 aromatic carbocycles. The molecular weight excluding hydrogens is 312 g/mol. The van der Waals surface area contributed by atoms with Gasteiger partial charge in [0.05, 0.1) is 23.9 Å². The number of anilines is 1. The molecule has 0 aliphatic heterocycles. The summed E-state index contributed by atoms with van der Waals surface area (Å²) in [4.78, 5) is 21.9. The Morgan fingerprint density at radius 3 is 2.54 bits per heavy atom. The van der Waals surface area contributed by atoms with E-state index in [0.717, 1.165) is 5.56 Å². The van der Waals surface area contributed by atoms with Crippen LogP contribution in [0.3, 0.4) is 0 Å². The van der Waals surface area contributed by atoms with Crippen molar-refractivity contribution < 1.29 is 9.72 Å². The zero-order chi connectivity index (χ0) is 16.9. The van der Waals surface area contributed by atoms with Gasteiger partial charge in [0.2, 0.25) is 5.91 Å². The van der Waals surface area contributed by atoms with Crippen LogP contribution in [0.4, 0.5) is 11.6 Å². The van der Waals surface area contributed by atoms with Crippen LogP contribution in [-0.2, 0) is 17.9 Å². The van der Waals surface area contributed by atoms with Gasteiger partial charge < -0.3 is 15.4 Å². The zero-order valence-electron chi connectivity index (χ0n) is 12.6. The topological polar surface area (TPSA) is 108 Å². The lowest BCUT2D eigenvalue weighted by molar-refractivity contribution is -0.389. The van der Waals surface area contributed by atoms with Crippen LogP contribution in [0, 0.1) is 10.1 Å². The van der Waals surface area contributed by atoms with E-state index >= 15 is 0 Å². The average molecular weight is 326 g/mol. The van der Waals surface area contributed by atoms with E-state index in [2.05, 4.69) is 15.5 Å². The summed E-state index contributed by atoms with van der Waals surface area (Å²) < 4.78 is 2.91. The van der Waals surface area contributed by atoms with Gasteiger partial charge in [-0.15, -0.1) is 0 Å². The van der Waals surface area contributed by atoms with Gasteiger partial charge in [0, 0.05) is 12.3 Å². The molecule has 1 N–H and O–H groups in total. The number of aromatic nitrogens is 4. The monoisotopic (exact) mass is 326 g/mol. The average Bonchev–Trinajstić information content (AvgIpc) is 3.18. The molecule has 9 heteroatoms. The van der Waals surface area contributed by atoms with Crippen LogP contribution in [0.25, 0.3) is 0 Å². The highest BCUT2D eigenvalue weighted by Crippen LogP contribution is 2.08. The predicted molar refractivity (Wildman–Crippen MR) is 85.3 cm³/mol. The Kier molecular flexibility index (Phi) is 4.32. The molecule has 0 spiro atoms. The lowest BCUT2D eigenvalue weighted by Crippen LogP contribution is -2.19. The number of benzene rings is 1. The minimum Gasteiger partial charge on any atom is -0.358 e. The van der Waals surface area contributed by atoms with E-state index in [1.807, 2.05) is 30.3 Å². The Bertz CT molecular complexity index is 855. The molecule has 2 aromatic heterocycles. The molecule has 0 aliphatic rings. The van der Waals surface area contributed by atoms with Crippen LogP contribution in [0.15, 0.2) is 54.9 Å². The number of nitrogens with zero attached hydrogens (tertiary/aromatic N) is 5. The van der Waals surface area contributed by atoms with Crippen molar-refractivity contribution in [2.75, 3.05) is 5.32 Å². The Labute approximate surface area is 136 Å². The number of hydrogen-bond donors (Lipinski definition) is 1. The van der Waals surface area contributed by atoms with Crippen LogP contribution in [0.5, 0.6) is 0 Å². The highest BCUT2D eigenvalue weighted by Gasteiger charge is 2.14. The smallest absolute Gasteiger partial charge is 0.358 e. The summed E-state index contributed by atoms with van der Waals surface area (Å²) in [5.41, 5.74) is 1.10. The van der Waals surface area contributed by atoms with E-state index < -0.39 is 4.92 Å². The molecule has 0 atom stereocenters. The van der Waals surface area contributed by atoms with E-state index in [4.69, 9.17) is 0 Å². The quantitative estimate of drug-likeness (QED) is 0.547. The summed E-state index contributed by atoms with van der Waals surface area (Å²) in [6, 6.07) is 12.7. The first-order valence-electron chi connectivity index (χ1n) is 7.15. The lowest BCUT2D eigenvalue weighted by atomic mass is 10.2. The second-order valence-corrected chi connectivity index (χ2v) is 5.06. The minimum absolute atomic E-state index is 0.126. The molecule has 0 saturated carbocycles. The van der Waals surface area contributed by atoms with Crippen molar-refractivity contribution in [1.82, 2.24) is 19.6 Å². The molecule has 122 valence electrons. The maximum absolute atomic E-state index is 11.9. The molecule has 0 radical (unpaired) electrons. The van der Waals surface area contributed by atoms with Crippen molar-refractivity contribution in [3.05, 3.63) is 70.5 Å². The van der Waals surface area contributed by atoms with Crippen molar-refractivity contribution in [3.8, 4) is 0 Å². The number of nitro groups is 1. The summed E-state index contributed by atoms with van der Waals surface area (Å²) in [7, 11) is 0. The summed E-state index contributed by atoms with van der Waals surface area (Å²) >= 11 is 0. The molecule has 24 heavy (non-hydrogen) atoms. The molecule has 3 aromatic rings. The van der Waals surface area contributed by atoms with Crippen molar-refractivity contribution >= 4 is 17.5 Å².